The van der Waals surface area contributed by atoms with Crippen LogP contribution in [0.1, 0.15) is 17.0 Å². The van der Waals surface area contributed by atoms with E-state index in [0.717, 1.165) is 39.1 Å². The van der Waals surface area contributed by atoms with Crippen LogP contribution in [0, 0.1) is 0 Å². The minimum atomic E-state index is -0.198. The number of para-hydroxylation sites is 1. The Bertz CT molecular complexity index is 592. The summed E-state index contributed by atoms with van der Waals surface area (Å²) in [4.78, 5) is 16.6. The lowest BCUT2D eigenvalue weighted by atomic mass is 10.2. The van der Waals surface area contributed by atoms with Crippen molar-refractivity contribution in [2.45, 2.75) is 6.42 Å². The summed E-state index contributed by atoms with van der Waals surface area (Å²) in [6, 6.07) is 12.1. The molecule has 3 rings (SSSR count). The zero-order chi connectivity index (χ0) is 15.9. The van der Waals surface area contributed by atoms with Crippen molar-refractivity contribution >= 4 is 11.6 Å². The standard InChI is InChI=1S/C17H22N4O2/c22-17(16-7-9-19-23-16)18-8-4-10-20-11-13-21(14-12-20)15-5-2-1-3-6-15/h1-3,5-7,9H,4,8,10-14H2,(H,18,22). The van der Waals surface area contributed by atoms with Gasteiger partial charge in [0.05, 0.1) is 6.20 Å². The lowest BCUT2D eigenvalue weighted by molar-refractivity contribution is 0.0914. The fraction of sp³-hybridized carbons (Fsp3) is 0.412. The van der Waals surface area contributed by atoms with E-state index in [1.807, 2.05) is 6.07 Å². The largest absolute Gasteiger partial charge is 0.369 e. The summed E-state index contributed by atoms with van der Waals surface area (Å²) in [7, 11) is 0. The molecular formula is C17H22N4O2. The van der Waals surface area contributed by atoms with Crippen molar-refractivity contribution < 1.29 is 9.32 Å². The number of hydrogen-bond acceptors (Lipinski definition) is 5. The molecule has 0 spiro atoms. The topological polar surface area (TPSA) is 61.6 Å². The van der Waals surface area contributed by atoms with E-state index in [4.69, 9.17) is 4.52 Å². The fourth-order valence-electron chi connectivity index (χ4n) is 2.79. The number of nitrogens with zero attached hydrogens (tertiary/aromatic N) is 3. The average molecular weight is 314 g/mol. The average Bonchev–Trinajstić information content (AvgIpc) is 3.15. The molecule has 1 N–H and O–H groups in total. The van der Waals surface area contributed by atoms with Crippen LogP contribution in [0.15, 0.2) is 47.1 Å². The summed E-state index contributed by atoms with van der Waals surface area (Å²) in [6.45, 7) is 5.87. The predicted molar refractivity (Wildman–Crippen MR) is 88.5 cm³/mol. The number of carbonyl (C=O) groups is 1. The van der Waals surface area contributed by atoms with Crippen LogP contribution in [-0.2, 0) is 0 Å². The number of aromatic nitrogens is 1. The molecule has 1 aromatic carbocycles. The van der Waals surface area contributed by atoms with Crippen LogP contribution in [0.25, 0.3) is 0 Å². The van der Waals surface area contributed by atoms with Crippen molar-refractivity contribution in [2.75, 3.05) is 44.2 Å². The molecule has 1 saturated heterocycles. The lowest BCUT2D eigenvalue weighted by Crippen LogP contribution is -2.47. The molecule has 122 valence electrons. The van der Waals surface area contributed by atoms with Crippen LogP contribution in [0.2, 0.25) is 0 Å². The van der Waals surface area contributed by atoms with Gasteiger partial charge in [0.25, 0.3) is 5.91 Å². The maximum Gasteiger partial charge on any atom is 0.289 e. The molecule has 0 unspecified atom stereocenters. The van der Waals surface area contributed by atoms with Gasteiger partial charge < -0.3 is 14.7 Å². The van der Waals surface area contributed by atoms with Gasteiger partial charge in [0.1, 0.15) is 0 Å². The molecule has 2 heterocycles. The van der Waals surface area contributed by atoms with E-state index in [0.29, 0.717) is 6.54 Å². The third kappa shape index (κ3) is 4.32. The van der Waals surface area contributed by atoms with Gasteiger partial charge in [0.15, 0.2) is 0 Å². The predicted octanol–water partition coefficient (Wildman–Crippen LogP) is 1.62. The molecule has 0 radical (unpaired) electrons. The van der Waals surface area contributed by atoms with Gasteiger partial charge in [-0.05, 0) is 25.1 Å². The molecule has 1 aromatic heterocycles. The number of hydrogen-bond donors (Lipinski definition) is 1. The Morgan fingerprint density at radius 2 is 1.91 bits per heavy atom. The van der Waals surface area contributed by atoms with Crippen LogP contribution < -0.4 is 10.2 Å². The van der Waals surface area contributed by atoms with Crippen molar-refractivity contribution in [3.8, 4) is 0 Å². The summed E-state index contributed by atoms with van der Waals surface area (Å²) < 4.78 is 4.82. The van der Waals surface area contributed by atoms with Crippen molar-refractivity contribution in [1.82, 2.24) is 15.4 Å². The number of amides is 1. The Morgan fingerprint density at radius 1 is 1.13 bits per heavy atom. The number of benzene rings is 1. The highest BCUT2D eigenvalue weighted by molar-refractivity contribution is 5.91. The van der Waals surface area contributed by atoms with E-state index in [-0.39, 0.29) is 11.7 Å². The Balaban J connectivity index is 1.33. The first-order valence-electron chi connectivity index (χ1n) is 8.04. The van der Waals surface area contributed by atoms with Crippen LogP contribution in [-0.4, -0.2) is 55.2 Å². The minimum absolute atomic E-state index is 0.198. The molecule has 1 aliphatic rings. The SMILES string of the molecule is O=C(NCCCN1CCN(c2ccccc2)CC1)c1ccno1. The third-order valence-corrected chi connectivity index (χ3v) is 4.09. The molecule has 1 aliphatic heterocycles. The van der Waals surface area contributed by atoms with E-state index in [1.54, 1.807) is 6.07 Å². The molecule has 1 amide bonds. The Labute approximate surface area is 136 Å². The summed E-state index contributed by atoms with van der Waals surface area (Å²) in [5.74, 6) is 0.0675. The zero-order valence-corrected chi connectivity index (χ0v) is 13.1. The quantitative estimate of drug-likeness (QED) is 0.821. The molecule has 0 atom stereocenters. The molecule has 1 fully saturated rings. The molecule has 6 heteroatoms. The van der Waals surface area contributed by atoms with Crippen molar-refractivity contribution in [3.05, 3.63) is 48.4 Å². The van der Waals surface area contributed by atoms with Crippen LogP contribution in [0.4, 0.5) is 5.69 Å². The van der Waals surface area contributed by atoms with Gasteiger partial charge in [-0.3, -0.25) is 9.69 Å². The highest BCUT2D eigenvalue weighted by atomic mass is 16.5. The van der Waals surface area contributed by atoms with Crippen molar-refractivity contribution in [2.24, 2.45) is 0 Å². The maximum absolute atomic E-state index is 11.7. The number of piperazine rings is 1. The monoisotopic (exact) mass is 314 g/mol. The Kier molecular flexibility index (Phi) is 5.26. The van der Waals surface area contributed by atoms with Crippen LogP contribution in [0.5, 0.6) is 0 Å². The van der Waals surface area contributed by atoms with Gasteiger partial charge in [-0.15, -0.1) is 0 Å². The van der Waals surface area contributed by atoms with Gasteiger partial charge in [0.2, 0.25) is 5.76 Å². The number of carbonyl (C=O) groups excluding carboxylic acids is 1. The third-order valence-electron chi connectivity index (χ3n) is 4.09. The Hall–Kier alpha value is -2.34. The minimum Gasteiger partial charge on any atom is -0.369 e. The van der Waals surface area contributed by atoms with Crippen molar-refractivity contribution in [1.29, 1.82) is 0 Å². The molecule has 23 heavy (non-hydrogen) atoms. The summed E-state index contributed by atoms with van der Waals surface area (Å²) in [6.07, 6.45) is 2.41. The fourth-order valence-corrected chi connectivity index (χ4v) is 2.79. The zero-order valence-electron chi connectivity index (χ0n) is 13.1. The molecule has 0 bridgehead atoms. The Morgan fingerprint density at radius 3 is 2.61 bits per heavy atom. The van der Waals surface area contributed by atoms with Gasteiger partial charge in [-0.25, -0.2) is 0 Å². The highest BCUT2D eigenvalue weighted by Crippen LogP contribution is 2.15. The van der Waals surface area contributed by atoms with E-state index in [2.05, 4.69) is 44.5 Å². The second kappa shape index (κ2) is 7.78. The first-order valence-corrected chi connectivity index (χ1v) is 8.04. The van der Waals surface area contributed by atoms with Gasteiger partial charge in [0, 0.05) is 44.5 Å². The second-order valence-corrected chi connectivity index (χ2v) is 5.65. The number of rotatable bonds is 6. The van der Waals surface area contributed by atoms with Crippen LogP contribution >= 0.6 is 0 Å². The molecular weight excluding hydrogens is 292 g/mol. The number of anilines is 1. The molecule has 2 aromatic rings. The normalized spacial score (nSPS) is 15.6. The first kappa shape index (κ1) is 15.6. The maximum atomic E-state index is 11.7. The highest BCUT2D eigenvalue weighted by Gasteiger charge is 2.16. The van der Waals surface area contributed by atoms with E-state index < -0.39 is 0 Å². The smallest absolute Gasteiger partial charge is 0.289 e. The second-order valence-electron chi connectivity index (χ2n) is 5.65. The van der Waals surface area contributed by atoms with Gasteiger partial charge >= 0.3 is 0 Å². The van der Waals surface area contributed by atoms with E-state index >= 15 is 0 Å². The van der Waals surface area contributed by atoms with E-state index in [9.17, 15) is 4.79 Å². The molecule has 6 nitrogen and oxygen atoms in total. The molecule has 0 aliphatic carbocycles. The van der Waals surface area contributed by atoms with Crippen LogP contribution in [0.3, 0.4) is 0 Å². The first-order chi connectivity index (χ1) is 11.3. The summed E-state index contributed by atoms with van der Waals surface area (Å²) >= 11 is 0. The van der Waals surface area contributed by atoms with E-state index in [1.165, 1.54) is 11.9 Å². The summed E-state index contributed by atoms with van der Waals surface area (Å²) in [5.41, 5.74) is 1.30. The van der Waals surface area contributed by atoms with Gasteiger partial charge in [-0.1, -0.05) is 23.4 Å². The molecule has 0 saturated carbocycles. The lowest BCUT2D eigenvalue weighted by Gasteiger charge is -2.36. The van der Waals surface area contributed by atoms with Gasteiger partial charge in [-0.2, -0.15) is 0 Å². The number of nitrogens with one attached hydrogen (secondary N) is 1. The summed E-state index contributed by atoms with van der Waals surface area (Å²) in [5, 5.41) is 6.38. The van der Waals surface area contributed by atoms with Crippen molar-refractivity contribution in [3.63, 3.8) is 0 Å².